The van der Waals surface area contributed by atoms with E-state index in [1.807, 2.05) is 32.9 Å². The minimum Gasteiger partial charge on any atom is -0.385 e. The lowest BCUT2D eigenvalue weighted by atomic mass is 10.1. The Morgan fingerprint density at radius 2 is 1.74 bits per heavy atom. The SMILES string of the molecule is CC(=O)Nc1ccc(/C(C)=N\OCC(=O)N[C@H](C)C(C)C)cc1. The fourth-order valence-corrected chi connectivity index (χ4v) is 1.70. The zero-order valence-corrected chi connectivity index (χ0v) is 14.3. The van der Waals surface area contributed by atoms with Gasteiger partial charge in [0.2, 0.25) is 5.91 Å². The molecule has 0 aliphatic carbocycles. The van der Waals surface area contributed by atoms with Crippen molar-refractivity contribution >= 4 is 23.2 Å². The van der Waals surface area contributed by atoms with Gasteiger partial charge in [-0.1, -0.05) is 31.1 Å². The van der Waals surface area contributed by atoms with Gasteiger partial charge in [0.05, 0.1) is 5.71 Å². The van der Waals surface area contributed by atoms with Gasteiger partial charge < -0.3 is 15.5 Å². The highest BCUT2D eigenvalue weighted by molar-refractivity contribution is 5.99. The molecular formula is C17H25N3O3. The number of nitrogens with one attached hydrogen (secondary N) is 2. The Labute approximate surface area is 137 Å². The average molecular weight is 319 g/mol. The second kappa shape index (κ2) is 8.92. The number of oxime groups is 1. The van der Waals surface area contributed by atoms with Gasteiger partial charge in [-0.2, -0.15) is 0 Å². The Morgan fingerprint density at radius 1 is 1.13 bits per heavy atom. The molecule has 0 heterocycles. The van der Waals surface area contributed by atoms with Crippen molar-refractivity contribution in [1.29, 1.82) is 0 Å². The first-order valence-corrected chi connectivity index (χ1v) is 7.63. The van der Waals surface area contributed by atoms with E-state index >= 15 is 0 Å². The molecule has 126 valence electrons. The average Bonchev–Trinajstić information content (AvgIpc) is 2.47. The molecule has 0 aliphatic heterocycles. The number of rotatable bonds is 7. The molecule has 6 nitrogen and oxygen atoms in total. The summed E-state index contributed by atoms with van der Waals surface area (Å²) in [5, 5.41) is 9.48. The zero-order valence-electron chi connectivity index (χ0n) is 14.3. The summed E-state index contributed by atoms with van der Waals surface area (Å²) in [5.41, 5.74) is 2.23. The zero-order chi connectivity index (χ0) is 17.4. The summed E-state index contributed by atoms with van der Waals surface area (Å²) < 4.78 is 0. The summed E-state index contributed by atoms with van der Waals surface area (Å²) >= 11 is 0. The molecule has 2 amide bonds. The van der Waals surface area contributed by atoms with Gasteiger partial charge in [0.25, 0.3) is 5.91 Å². The van der Waals surface area contributed by atoms with Crippen molar-refractivity contribution in [1.82, 2.24) is 5.32 Å². The number of hydrogen-bond donors (Lipinski definition) is 2. The van der Waals surface area contributed by atoms with Gasteiger partial charge in [0.15, 0.2) is 6.61 Å². The van der Waals surface area contributed by atoms with E-state index in [1.54, 1.807) is 19.1 Å². The van der Waals surface area contributed by atoms with E-state index in [0.29, 0.717) is 11.6 Å². The van der Waals surface area contributed by atoms with Crippen molar-refractivity contribution in [2.45, 2.75) is 40.7 Å². The molecule has 0 aromatic heterocycles. The van der Waals surface area contributed by atoms with E-state index in [1.165, 1.54) is 6.92 Å². The van der Waals surface area contributed by atoms with E-state index in [2.05, 4.69) is 15.8 Å². The summed E-state index contributed by atoms with van der Waals surface area (Å²) in [5.74, 6) is 0.0585. The molecule has 0 aliphatic rings. The predicted molar refractivity (Wildman–Crippen MR) is 91.4 cm³/mol. The predicted octanol–water partition coefficient (Wildman–Crippen LogP) is 2.55. The number of amides is 2. The van der Waals surface area contributed by atoms with Crippen LogP contribution in [0.4, 0.5) is 5.69 Å². The van der Waals surface area contributed by atoms with Crippen LogP contribution in [0.5, 0.6) is 0 Å². The molecule has 0 fully saturated rings. The highest BCUT2D eigenvalue weighted by Gasteiger charge is 2.10. The van der Waals surface area contributed by atoms with Crippen LogP contribution >= 0.6 is 0 Å². The summed E-state index contributed by atoms with van der Waals surface area (Å²) in [6.07, 6.45) is 0. The highest BCUT2D eigenvalue weighted by Crippen LogP contribution is 2.10. The maximum atomic E-state index is 11.7. The van der Waals surface area contributed by atoms with E-state index in [0.717, 1.165) is 11.3 Å². The Kier molecular flexibility index (Phi) is 7.25. The maximum Gasteiger partial charge on any atom is 0.260 e. The lowest BCUT2D eigenvalue weighted by Crippen LogP contribution is -2.38. The van der Waals surface area contributed by atoms with Crippen LogP contribution in [0, 0.1) is 5.92 Å². The number of anilines is 1. The molecule has 2 N–H and O–H groups in total. The second-order valence-corrected chi connectivity index (χ2v) is 5.81. The van der Waals surface area contributed by atoms with Gasteiger partial charge in [-0.25, -0.2) is 0 Å². The number of carbonyl (C=O) groups excluding carboxylic acids is 2. The molecule has 1 aromatic rings. The first-order chi connectivity index (χ1) is 10.8. The quantitative estimate of drug-likeness (QED) is 0.599. The third kappa shape index (κ3) is 6.95. The van der Waals surface area contributed by atoms with Crippen molar-refractivity contribution in [2.24, 2.45) is 11.1 Å². The normalized spacial score (nSPS) is 12.7. The number of hydrogen-bond acceptors (Lipinski definition) is 4. The Hall–Kier alpha value is -2.37. The van der Waals surface area contributed by atoms with Gasteiger partial charge in [0, 0.05) is 18.7 Å². The van der Waals surface area contributed by atoms with E-state index in [4.69, 9.17) is 4.84 Å². The summed E-state index contributed by atoms with van der Waals surface area (Å²) in [7, 11) is 0. The van der Waals surface area contributed by atoms with Gasteiger partial charge in [-0.15, -0.1) is 0 Å². The second-order valence-electron chi connectivity index (χ2n) is 5.81. The van der Waals surface area contributed by atoms with Gasteiger partial charge >= 0.3 is 0 Å². The van der Waals surface area contributed by atoms with Crippen molar-refractivity contribution in [3.05, 3.63) is 29.8 Å². The Morgan fingerprint density at radius 3 is 2.26 bits per heavy atom. The van der Waals surface area contributed by atoms with Gasteiger partial charge in [-0.3, -0.25) is 9.59 Å². The third-order valence-corrected chi connectivity index (χ3v) is 3.41. The molecule has 0 saturated heterocycles. The number of nitrogens with zero attached hydrogens (tertiary/aromatic N) is 1. The van der Waals surface area contributed by atoms with E-state index in [9.17, 15) is 9.59 Å². The third-order valence-electron chi connectivity index (χ3n) is 3.41. The van der Waals surface area contributed by atoms with Crippen molar-refractivity contribution in [3.8, 4) is 0 Å². The van der Waals surface area contributed by atoms with Crippen LogP contribution in [0.2, 0.25) is 0 Å². The smallest absolute Gasteiger partial charge is 0.260 e. The van der Waals surface area contributed by atoms with Crippen molar-refractivity contribution < 1.29 is 14.4 Å². The van der Waals surface area contributed by atoms with Crippen LogP contribution in [-0.2, 0) is 14.4 Å². The first kappa shape index (κ1) is 18.7. The van der Waals surface area contributed by atoms with Crippen LogP contribution in [0.1, 0.15) is 40.2 Å². The molecule has 0 radical (unpaired) electrons. The molecular weight excluding hydrogens is 294 g/mol. The lowest BCUT2D eigenvalue weighted by molar-refractivity contribution is -0.126. The number of benzene rings is 1. The van der Waals surface area contributed by atoms with Gasteiger partial charge in [0.1, 0.15) is 0 Å². The number of carbonyl (C=O) groups is 2. The molecule has 1 rings (SSSR count). The lowest BCUT2D eigenvalue weighted by Gasteiger charge is -2.16. The molecule has 0 saturated carbocycles. The topological polar surface area (TPSA) is 79.8 Å². The summed E-state index contributed by atoms with van der Waals surface area (Å²) in [4.78, 5) is 27.7. The Bertz CT molecular complexity index is 565. The summed E-state index contributed by atoms with van der Waals surface area (Å²) in [6.45, 7) is 9.17. The molecule has 6 heteroatoms. The van der Waals surface area contributed by atoms with E-state index < -0.39 is 0 Å². The van der Waals surface area contributed by atoms with Crippen molar-refractivity contribution in [3.63, 3.8) is 0 Å². The van der Waals surface area contributed by atoms with Crippen LogP contribution < -0.4 is 10.6 Å². The standard InChI is InChI=1S/C17H25N3O3/c1-11(2)12(3)18-17(22)10-23-20-13(4)15-6-8-16(9-7-15)19-14(5)21/h6-9,11-12H,10H2,1-5H3,(H,18,22)(H,19,21)/b20-13-/t12-/m1/s1. The molecule has 0 unspecified atom stereocenters. The minimum atomic E-state index is -0.191. The first-order valence-electron chi connectivity index (χ1n) is 7.63. The van der Waals surface area contributed by atoms with Crippen LogP contribution in [0.25, 0.3) is 0 Å². The monoisotopic (exact) mass is 319 g/mol. The summed E-state index contributed by atoms with van der Waals surface area (Å²) in [6, 6.07) is 7.32. The van der Waals surface area contributed by atoms with Crippen LogP contribution in [0.3, 0.4) is 0 Å². The van der Waals surface area contributed by atoms with E-state index in [-0.39, 0.29) is 24.5 Å². The molecule has 1 atom stereocenters. The fraction of sp³-hybridized carbons (Fsp3) is 0.471. The maximum absolute atomic E-state index is 11.7. The fourth-order valence-electron chi connectivity index (χ4n) is 1.70. The van der Waals surface area contributed by atoms with Crippen LogP contribution in [-0.4, -0.2) is 30.2 Å². The van der Waals surface area contributed by atoms with Crippen molar-refractivity contribution in [2.75, 3.05) is 11.9 Å². The van der Waals surface area contributed by atoms with Crippen LogP contribution in [0.15, 0.2) is 29.4 Å². The molecule has 23 heavy (non-hydrogen) atoms. The molecule has 0 spiro atoms. The minimum absolute atomic E-state index is 0.0949. The molecule has 0 bridgehead atoms. The molecule has 1 aromatic carbocycles. The highest BCUT2D eigenvalue weighted by atomic mass is 16.6. The largest absolute Gasteiger partial charge is 0.385 e. The Balaban J connectivity index is 2.50. The van der Waals surface area contributed by atoms with Gasteiger partial charge in [-0.05, 0) is 37.5 Å².